The normalized spacial score (nSPS) is 19.0. The second kappa shape index (κ2) is 6.55. The lowest BCUT2D eigenvalue weighted by Gasteiger charge is -2.13. The molecule has 4 rings (SSSR count). The summed E-state index contributed by atoms with van der Waals surface area (Å²) in [5.41, 5.74) is 6.69. The second-order valence-corrected chi connectivity index (χ2v) is 6.61. The van der Waals surface area contributed by atoms with Gasteiger partial charge in [0, 0.05) is 31.1 Å². The number of hydrogen-bond acceptors (Lipinski definition) is 6. The number of nitrogen functional groups attached to an aromatic ring is 1. The van der Waals surface area contributed by atoms with E-state index in [0.717, 1.165) is 5.56 Å². The number of halogens is 1. The summed E-state index contributed by atoms with van der Waals surface area (Å²) in [6, 6.07) is 10.5. The van der Waals surface area contributed by atoms with Gasteiger partial charge in [0.1, 0.15) is 5.52 Å². The number of aromatic nitrogens is 3. The van der Waals surface area contributed by atoms with E-state index in [1.807, 2.05) is 6.07 Å². The maximum atomic E-state index is 13.3. The zero-order valence-corrected chi connectivity index (χ0v) is 15.0. The molecule has 1 aromatic carbocycles. The third-order valence-corrected chi connectivity index (χ3v) is 4.62. The van der Waals surface area contributed by atoms with Crippen LogP contribution >= 0.6 is 0 Å². The quantitative estimate of drug-likeness (QED) is 0.490. The number of anilines is 1. The molecule has 3 heterocycles. The largest absolute Gasteiger partial charge is 0.382 e. The van der Waals surface area contributed by atoms with Gasteiger partial charge in [0.15, 0.2) is 5.82 Å². The molecule has 0 aliphatic carbocycles. The van der Waals surface area contributed by atoms with Gasteiger partial charge in [-0.15, -0.1) is 0 Å². The number of fused-ring (bicyclic) bond motifs is 1. The molecule has 28 heavy (non-hydrogen) atoms. The second-order valence-electron chi connectivity index (χ2n) is 6.61. The van der Waals surface area contributed by atoms with Crippen LogP contribution in [0.25, 0.3) is 22.3 Å². The fourth-order valence-electron chi connectivity index (χ4n) is 3.07. The van der Waals surface area contributed by atoms with Crippen LogP contribution in [0.1, 0.15) is 12.0 Å². The summed E-state index contributed by atoms with van der Waals surface area (Å²) in [5.74, 6) is 5.13. The summed E-state index contributed by atoms with van der Waals surface area (Å²) in [7, 11) is 1.63. The number of pyridine rings is 1. The number of likely N-dealkylation sites (N-methyl/N-ethyl adjacent to an activating group) is 1. The van der Waals surface area contributed by atoms with Gasteiger partial charge >= 0.3 is 6.08 Å². The van der Waals surface area contributed by atoms with Gasteiger partial charge in [0.25, 0.3) is 5.91 Å². The van der Waals surface area contributed by atoms with Crippen LogP contribution < -0.4 is 5.73 Å². The molecule has 0 radical (unpaired) electrons. The van der Waals surface area contributed by atoms with Crippen molar-refractivity contribution in [2.45, 2.75) is 12.0 Å². The van der Waals surface area contributed by atoms with Gasteiger partial charge in [-0.05, 0) is 24.3 Å². The van der Waals surface area contributed by atoms with Gasteiger partial charge in [0.2, 0.25) is 5.60 Å². The first-order chi connectivity index (χ1) is 13.4. The molecule has 1 atom stereocenters. The molecular weight excluding hydrogens is 361 g/mol. The minimum absolute atomic E-state index is 0.0358. The molecule has 1 aliphatic rings. The fraction of sp³-hybridized carbons (Fsp3) is 0.200. The van der Waals surface area contributed by atoms with Crippen molar-refractivity contribution in [2.24, 2.45) is 0 Å². The van der Waals surface area contributed by atoms with Crippen molar-refractivity contribution in [3.05, 3.63) is 48.0 Å². The van der Waals surface area contributed by atoms with Crippen LogP contribution in [0.3, 0.4) is 0 Å². The van der Waals surface area contributed by atoms with Crippen LogP contribution in [0.5, 0.6) is 0 Å². The zero-order valence-electron chi connectivity index (χ0n) is 15.0. The molecule has 1 aliphatic heterocycles. The van der Waals surface area contributed by atoms with E-state index in [1.54, 1.807) is 37.4 Å². The van der Waals surface area contributed by atoms with E-state index in [9.17, 15) is 14.3 Å². The molecular formula is C20H16FN5O2. The van der Waals surface area contributed by atoms with Crippen molar-refractivity contribution in [3.63, 3.8) is 0 Å². The highest BCUT2D eigenvalue weighted by molar-refractivity contribution is 5.90. The number of nitrogens with zero attached hydrogens (tertiary/aromatic N) is 4. The number of aliphatic hydroxyl groups is 1. The van der Waals surface area contributed by atoms with Gasteiger partial charge in [-0.25, -0.2) is 9.97 Å². The van der Waals surface area contributed by atoms with Crippen LogP contribution in [0.4, 0.5) is 10.2 Å². The number of likely N-dealkylation sites (tertiary alicyclic amines) is 1. The van der Waals surface area contributed by atoms with Crippen molar-refractivity contribution in [1.29, 1.82) is 0 Å². The lowest BCUT2D eigenvalue weighted by molar-refractivity contribution is -0.137. The Morgan fingerprint density at radius 1 is 1.25 bits per heavy atom. The van der Waals surface area contributed by atoms with Gasteiger partial charge in [-0.2, -0.15) is 9.37 Å². The Hall–Kier alpha value is -3.57. The zero-order chi connectivity index (χ0) is 19.9. The molecule has 0 spiro atoms. The average Bonchev–Trinajstić information content (AvgIpc) is 2.94. The molecule has 0 bridgehead atoms. The molecule has 3 N–H and O–H groups in total. The third-order valence-electron chi connectivity index (χ3n) is 4.62. The van der Waals surface area contributed by atoms with Crippen LogP contribution in [0.2, 0.25) is 0 Å². The van der Waals surface area contributed by atoms with Crippen molar-refractivity contribution in [2.75, 3.05) is 19.3 Å². The number of nitrogens with two attached hydrogens (primary N) is 1. The van der Waals surface area contributed by atoms with E-state index in [2.05, 4.69) is 26.8 Å². The maximum absolute atomic E-state index is 13.3. The minimum Gasteiger partial charge on any atom is -0.382 e. The fourth-order valence-corrected chi connectivity index (χ4v) is 3.07. The lowest BCUT2D eigenvalue weighted by atomic mass is 10.0. The van der Waals surface area contributed by atoms with E-state index in [0.29, 0.717) is 28.8 Å². The van der Waals surface area contributed by atoms with Crippen LogP contribution in [0.15, 0.2) is 36.4 Å². The maximum Gasteiger partial charge on any atom is 0.311 e. The molecule has 140 valence electrons. The molecule has 8 heteroatoms. The summed E-state index contributed by atoms with van der Waals surface area (Å²) in [4.78, 5) is 25.1. The van der Waals surface area contributed by atoms with Crippen LogP contribution in [-0.4, -0.2) is 50.1 Å². The predicted octanol–water partition coefficient (Wildman–Crippen LogP) is 1.36. The standard InChI is InChI=1S/C20H16FN5O2/c1-26-10-9-20(28,18(26)27)8-7-12-3-2-4-13(11-12)14-5-6-15-16(23-14)17(22)25-19(21)24-15/h2-6,11,28H,9-10H2,1H3,(H2,22,24,25)/t20-/m0/s1. The SMILES string of the molecule is CN1CC[C@@](O)(C#Cc2cccc(-c3ccc4nc(F)nc(N)c4n3)c2)C1=O. The highest BCUT2D eigenvalue weighted by atomic mass is 19.1. The molecule has 2 aromatic heterocycles. The number of benzene rings is 1. The lowest BCUT2D eigenvalue weighted by Crippen LogP contribution is -2.37. The first kappa shape index (κ1) is 17.8. The first-order valence-electron chi connectivity index (χ1n) is 8.57. The Balaban J connectivity index is 1.70. The molecule has 0 saturated carbocycles. The van der Waals surface area contributed by atoms with Crippen molar-refractivity contribution >= 4 is 22.8 Å². The van der Waals surface area contributed by atoms with Crippen molar-refractivity contribution < 1.29 is 14.3 Å². The Bertz CT molecular complexity index is 1170. The highest BCUT2D eigenvalue weighted by Gasteiger charge is 2.42. The first-order valence-corrected chi connectivity index (χ1v) is 8.57. The van der Waals surface area contributed by atoms with Crippen molar-refractivity contribution in [1.82, 2.24) is 19.9 Å². The number of hydrogen-bond donors (Lipinski definition) is 2. The van der Waals surface area contributed by atoms with Gasteiger partial charge in [-0.1, -0.05) is 24.0 Å². The molecule has 3 aromatic rings. The summed E-state index contributed by atoms with van der Waals surface area (Å²) in [6.45, 7) is 0.467. The van der Waals surface area contributed by atoms with E-state index >= 15 is 0 Å². The number of rotatable bonds is 1. The average molecular weight is 377 g/mol. The molecule has 1 amide bonds. The molecule has 7 nitrogen and oxygen atoms in total. The third kappa shape index (κ3) is 3.12. The summed E-state index contributed by atoms with van der Waals surface area (Å²) in [5, 5.41) is 10.4. The van der Waals surface area contributed by atoms with Crippen LogP contribution in [-0.2, 0) is 4.79 Å². The minimum atomic E-state index is -1.65. The Kier molecular flexibility index (Phi) is 4.17. The van der Waals surface area contributed by atoms with E-state index in [-0.39, 0.29) is 12.2 Å². The molecule has 1 saturated heterocycles. The predicted molar refractivity (Wildman–Crippen MR) is 101 cm³/mol. The Morgan fingerprint density at radius 3 is 2.82 bits per heavy atom. The molecule has 1 fully saturated rings. The van der Waals surface area contributed by atoms with Crippen LogP contribution in [0, 0.1) is 17.9 Å². The summed E-state index contributed by atoms with van der Waals surface area (Å²) in [6.07, 6.45) is -0.626. The van der Waals surface area contributed by atoms with Gasteiger partial charge < -0.3 is 15.7 Å². The van der Waals surface area contributed by atoms with E-state index < -0.39 is 17.6 Å². The van der Waals surface area contributed by atoms with Crippen molar-refractivity contribution in [3.8, 4) is 23.1 Å². The number of carbonyl (C=O) groups is 1. The smallest absolute Gasteiger partial charge is 0.311 e. The van der Waals surface area contributed by atoms with E-state index in [4.69, 9.17) is 5.73 Å². The molecule has 0 unspecified atom stereocenters. The van der Waals surface area contributed by atoms with E-state index in [1.165, 1.54) is 4.90 Å². The number of carbonyl (C=O) groups excluding carboxylic acids is 1. The Morgan fingerprint density at radius 2 is 2.07 bits per heavy atom. The summed E-state index contributed by atoms with van der Waals surface area (Å²) >= 11 is 0. The van der Waals surface area contributed by atoms with Gasteiger partial charge in [0.05, 0.1) is 11.2 Å². The number of amides is 1. The monoisotopic (exact) mass is 377 g/mol. The van der Waals surface area contributed by atoms with Gasteiger partial charge in [-0.3, -0.25) is 4.79 Å². The topological polar surface area (TPSA) is 105 Å². The highest BCUT2D eigenvalue weighted by Crippen LogP contribution is 2.24. The summed E-state index contributed by atoms with van der Waals surface area (Å²) < 4.78 is 13.3. The Labute approximate surface area is 160 Å².